The number of nitrogens with zero attached hydrogens (tertiary/aromatic N) is 5. The maximum atomic E-state index is 5.17. The molecule has 12 rings (SSSR count). The van der Waals surface area contributed by atoms with Gasteiger partial charge in [0, 0.05) is 69.5 Å². The molecule has 57 heavy (non-hydrogen) atoms. The summed E-state index contributed by atoms with van der Waals surface area (Å²) >= 11 is 0. The van der Waals surface area contributed by atoms with Crippen LogP contribution in [0.5, 0.6) is 0 Å². The smallest absolute Gasteiger partial charge is 0.0886 e. The van der Waals surface area contributed by atoms with Gasteiger partial charge in [-0.15, -0.1) is 0 Å². The summed E-state index contributed by atoms with van der Waals surface area (Å²) in [6.07, 6.45) is 9.50. The molecule has 0 aliphatic heterocycles. The molecule has 0 atom stereocenters. The molecule has 0 saturated carbocycles. The van der Waals surface area contributed by atoms with Crippen molar-refractivity contribution in [3.05, 3.63) is 223 Å². The van der Waals surface area contributed by atoms with Crippen LogP contribution < -0.4 is 0 Å². The summed E-state index contributed by atoms with van der Waals surface area (Å²) in [6, 6.07) is 61.7. The van der Waals surface area contributed by atoms with Crippen LogP contribution in [-0.2, 0) is 5.41 Å². The molecular weight excluding hydrogens is 695 g/mol. The van der Waals surface area contributed by atoms with Gasteiger partial charge >= 0.3 is 0 Å². The van der Waals surface area contributed by atoms with Crippen molar-refractivity contribution in [3.63, 3.8) is 0 Å². The Labute approximate surface area is 328 Å². The van der Waals surface area contributed by atoms with Crippen molar-refractivity contribution in [3.8, 4) is 33.6 Å². The Morgan fingerprint density at radius 3 is 1.54 bits per heavy atom. The second kappa shape index (κ2) is 12.2. The zero-order valence-corrected chi connectivity index (χ0v) is 30.8. The second-order valence-electron chi connectivity index (χ2n) is 14.9. The van der Waals surface area contributed by atoms with Crippen LogP contribution in [0.2, 0.25) is 0 Å². The molecule has 0 fully saturated rings. The molecule has 1 aliphatic rings. The van der Waals surface area contributed by atoms with E-state index in [0.717, 1.165) is 50.0 Å². The molecule has 266 valence electrons. The minimum absolute atomic E-state index is 0.576. The number of fused-ring (bicyclic) bond motifs is 9. The highest BCUT2D eigenvalue weighted by Crippen LogP contribution is 2.56. The molecule has 11 aromatic rings. The van der Waals surface area contributed by atoms with Crippen LogP contribution in [0.1, 0.15) is 22.4 Å². The minimum atomic E-state index is -0.576. The first kappa shape index (κ1) is 31.7. The Balaban J connectivity index is 1.01. The lowest BCUT2D eigenvalue weighted by molar-refractivity contribution is 0.738. The van der Waals surface area contributed by atoms with Crippen LogP contribution in [0.4, 0.5) is 0 Å². The van der Waals surface area contributed by atoms with Crippen molar-refractivity contribution in [2.75, 3.05) is 0 Å². The summed E-state index contributed by atoms with van der Waals surface area (Å²) in [4.78, 5) is 14.0. The number of hydrogen-bond acceptors (Lipinski definition) is 3. The largest absolute Gasteiger partial charge is 0.309 e. The monoisotopic (exact) mass is 727 g/mol. The molecule has 1 aliphatic carbocycles. The van der Waals surface area contributed by atoms with E-state index in [1.165, 1.54) is 49.6 Å². The highest BCUT2D eigenvalue weighted by atomic mass is 15.0. The molecule has 5 aromatic heterocycles. The van der Waals surface area contributed by atoms with E-state index in [9.17, 15) is 0 Å². The zero-order valence-electron chi connectivity index (χ0n) is 30.8. The van der Waals surface area contributed by atoms with Crippen LogP contribution in [-0.4, -0.2) is 24.1 Å². The average molecular weight is 728 g/mol. The SMILES string of the molecule is c1ccc(C2(c3ccccc3)c3cc4c(cc3-c3cccnc32)c2ccccc2n4-c2ccc(-c3ccc(-n4c5ccncc5c5cnccc54)cc3)cc2)cc1. The van der Waals surface area contributed by atoms with E-state index in [0.29, 0.717) is 0 Å². The third-order valence-corrected chi connectivity index (χ3v) is 12.0. The molecule has 0 unspecified atom stereocenters. The fraction of sp³-hybridized carbons (Fsp3) is 0.0192. The number of rotatable bonds is 5. The van der Waals surface area contributed by atoms with E-state index in [1.54, 1.807) is 0 Å². The van der Waals surface area contributed by atoms with Crippen molar-refractivity contribution in [1.82, 2.24) is 24.1 Å². The average Bonchev–Trinajstić information content (AvgIpc) is 3.90. The first-order valence-electron chi connectivity index (χ1n) is 19.3. The van der Waals surface area contributed by atoms with E-state index in [4.69, 9.17) is 4.98 Å². The fourth-order valence-electron chi connectivity index (χ4n) is 9.60. The molecule has 5 heterocycles. The maximum Gasteiger partial charge on any atom is 0.0886 e. The first-order valence-corrected chi connectivity index (χ1v) is 19.3. The Kier molecular flexibility index (Phi) is 6.78. The summed E-state index contributed by atoms with van der Waals surface area (Å²) in [5.41, 5.74) is 15.7. The zero-order chi connectivity index (χ0) is 37.5. The molecule has 5 nitrogen and oxygen atoms in total. The van der Waals surface area contributed by atoms with Gasteiger partial charge in [0.05, 0.1) is 33.2 Å². The lowest BCUT2D eigenvalue weighted by atomic mass is 9.69. The predicted molar refractivity (Wildman–Crippen MR) is 231 cm³/mol. The molecule has 0 bridgehead atoms. The number of hydrogen-bond donors (Lipinski definition) is 0. The third-order valence-electron chi connectivity index (χ3n) is 12.0. The van der Waals surface area contributed by atoms with Gasteiger partial charge in [0.2, 0.25) is 0 Å². The van der Waals surface area contributed by atoms with E-state index in [-0.39, 0.29) is 0 Å². The Hall–Kier alpha value is -7.63. The van der Waals surface area contributed by atoms with Crippen molar-refractivity contribution < 1.29 is 0 Å². The molecule has 5 heteroatoms. The van der Waals surface area contributed by atoms with Gasteiger partial charge in [0.25, 0.3) is 0 Å². The summed E-state index contributed by atoms with van der Waals surface area (Å²) in [5.74, 6) is 0. The Morgan fingerprint density at radius 2 is 0.930 bits per heavy atom. The number of aromatic nitrogens is 5. The van der Waals surface area contributed by atoms with Gasteiger partial charge in [-0.3, -0.25) is 15.0 Å². The summed E-state index contributed by atoms with van der Waals surface area (Å²) in [6.45, 7) is 0. The second-order valence-corrected chi connectivity index (χ2v) is 14.9. The molecule has 0 radical (unpaired) electrons. The van der Waals surface area contributed by atoms with Gasteiger partial charge in [0.1, 0.15) is 0 Å². The van der Waals surface area contributed by atoms with Crippen molar-refractivity contribution >= 4 is 43.6 Å². The topological polar surface area (TPSA) is 48.5 Å². The summed E-state index contributed by atoms with van der Waals surface area (Å²) in [5, 5.41) is 4.66. The quantitative estimate of drug-likeness (QED) is 0.177. The van der Waals surface area contributed by atoms with Gasteiger partial charge in [0.15, 0.2) is 0 Å². The molecule has 0 spiro atoms. The van der Waals surface area contributed by atoms with Crippen LogP contribution in [0, 0.1) is 0 Å². The van der Waals surface area contributed by atoms with Crippen molar-refractivity contribution in [1.29, 1.82) is 0 Å². The maximum absolute atomic E-state index is 5.17. The van der Waals surface area contributed by atoms with Crippen LogP contribution in [0.15, 0.2) is 201 Å². The molecular formula is C52H33N5. The van der Waals surface area contributed by atoms with Crippen LogP contribution in [0.3, 0.4) is 0 Å². The Bertz CT molecular complexity index is 3230. The van der Waals surface area contributed by atoms with Crippen LogP contribution in [0.25, 0.3) is 77.2 Å². The molecule has 0 amide bonds. The van der Waals surface area contributed by atoms with E-state index < -0.39 is 5.41 Å². The van der Waals surface area contributed by atoms with Crippen molar-refractivity contribution in [2.45, 2.75) is 5.41 Å². The minimum Gasteiger partial charge on any atom is -0.309 e. The normalized spacial score (nSPS) is 13.1. The number of pyridine rings is 3. The highest BCUT2D eigenvalue weighted by Gasteiger charge is 2.47. The van der Waals surface area contributed by atoms with Gasteiger partial charge in [-0.1, -0.05) is 109 Å². The lowest BCUT2D eigenvalue weighted by Gasteiger charge is -2.32. The lowest BCUT2D eigenvalue weighted by Crippen LogP contribution is -2.29. The standard InChI is InChI=1S/C52H33N5/c1-3-10-36(11-4-1)52(37-12-5-2-6-13-37)46-31-50-43(30-42(46)41-15-9-27-55-51(41)52)40-14-7-8-16-47(40)57(50)39-23-19-35(20-24-39)34-17-21-38(22-18-34)56-48-25-28-53-32-44(48)45-33-54-29-26-49(45)56/h1-33H. The van der Waals surface area contributed by atoms with Crippen molar-refractivity contribution in [2.24, 2.45) is 0 Å². The third kappa shape index (κ3) is 4.48. The Morgan fingerprint density at radius 1 is 0.386 bits per heavy atom. The molecule has 0 saturated heterocycles. The van der Waals surface area contributed by atoms with Gasteiger partial charge in [-0.05, 0) is 94.0 Å². The van der Waals surface area contributed by atoms with Gasteiger partial charge in [-0.2, -0.15) is 0 Å². The summed E-state index contributed by atoms with van der Waals surface area (Å²) < 4.78 is 4.72. The number of benzene rings is 6. The number of para-hydroxylation sites is 1. The molecule has 0 N–H and O–H groups in total. The molecule has 6 aromatic carbocycles. The van der Waals surface area contributed by atoms with Crippen LogP contribution >= 0.6 is 0 Å². The first-order chi connectivity index (χ1) is 28.3. The van der Waals surface area contributed by atoms with E-state index in [1.807, 2.05) is 31.0 Å². The fourth-order valence-corrected chi connectivity index (χ4v) is 9.60. The van der Waals surface area contributed by atoms with E-state index in [2.05, 4.69) is 189 Å². The summed E-state index contributed by atoms with van der Waals surface area (Å²) in [7, 11) is 0. The van der Waals surface area contributed by atoms with Gasteiger partial charge in [-0.25, -0.2) is 0 Å². The van der Waals surface area contributed by atoms with E-state index >= 15 is 0 Å². The van der Waals surface area contributed by atoms with Gasteiger partial charge < -0.3 is 9.13 Å². The highest BCUT2D eigenvalue weighted by molar-refractivity contribution is 6.12. The predicted octanol–water partition coefficient (Wildman–Crippen LogP) is 12.1.